The van der Waals surface area contributed by atoms with Crippen LogP contribution >= 0.6 is 0 Å². The highest BCUT2D eigenvalue weighted by atomic mass is 16.6. The number of fused-ring (bicyclic) bond motifs is 1. The molecule has 2 aliphatic rings. The highest BCUT2D eigenvalue weighted by Gasteiger charge is 2.33. The first-order chi connectivity index (χ1) is 16.2. The average Bonchev–Trinajstić information content (AvgIpc) is 3.25. The fourth-order valence-corrected chi connectivity index (χ4v) is 4.34. The topological polar surface area (TPSA) is 82.6 Å². The van der Waals surface area contributed by atoms with Crippen molar-refractivity contribution in [3.8, 4) is 0 Å². The van der Waals surface area contributed by atoms with E-state index in [1.165, 1.54) is 0 Å². The summed E-state index contributed by atoms with van der Waals surface area (Å²) in [6.45, 7) is 8.19. The predicted molar refractivity (Wildman–Crippen MR) is 128 cm³/mol. The number of aliphatic hydroxyl groups is 1. The van der Waals surface area contributed by atoms with Crippen molar-refractivity contribution in [2.75, 3.05) is 31.1 Å². The van der Waals surface area contributed by atoms with Gasteiger partial charge in [0.1, 0.15) is 12.2 Å². The lowest BCUT2D eigenvalue weighted by molar-refractivity contribution is 0.0197. The number of amides is 2. The van der Waals surface area contributed by atoms with E-state index in [2.05, 4.69) is 11.0 Å². The van der Waals surface area contributed by atoms with Crippen LogP contribution in [0, 0.1) is 0 Å². The van der Waals surface area contributed by atoms with Gasteiger partial charge in [0.25, 0.3) is 0 Å². The van der Waals surface area contributed by atoms with Crippen LogP contribution in [0.1, 0.15) is 37.5 Å². The van der Waals surface area contributed by atoms with Gasteiger partial charge in [0.05, 0.1) is 12.6 Å². The van der Waals surface area contributed by atoms with Gasteiger partial charge in [-0.2, -0.15) is 0 Å². The number of nitrogens with zero attached hydrogens (tertiary/aromatic N) is 3. The van der Waals surface area contributed by atoms with Crippen molar-refractivity contribution in [1.29, 1.82) is 0 Å². The van der Waals surface area contributed by atoms with Gasteiger partial charge in [-0.05, 0) is 49.6 Å². The molecule has 0 bridgehead atoms. The molecule has 1 N–H and O–H groups in total. The Morgan fingerprint density at radius 1 is 0.971 bits per heavy atom. The minimum absolute atomic E-state index is 0.0751. The molecule has 0 unspecified atom stereocenters. The number of benzene rings is 2. The number of ether oxygens (including phenoxy) is 2. The van der Waals surface area contributed by atoms with E-state index in [4.69, 9.17) is 9.47 Å². The van der Waals surface area contributed by atoms with Crippen molar-refractivity contribution in [3.05, 3.63) is 65.2 Å². The van der Waals surface area contributed by atoms with Gasteiger partial charge in [-0.3, -0.25) is 4.90 Å². The molecule has 0 saturated carbocycles. The molecule has 2 aromatic carbocycles. The van der Waals surface area contributed by atoms with Crippen molar-refractivity contribution < 1.29 is 24.2 Å². The minimum atomic E-state index is -0.559. The van der Waals surface area contributed by atoms with Gasteiger partial charge in [-0.25, -0.2) is 9.59 Å². The lowest BCUT2D eigenvalue weighted by Crippen LogP contribution is -2.57. The fourth-order valence-electron chi connectivity index (χ4n) is 4.34. The van der Waals surface area contributed by atoms with Crippen LogP contribution in [0.4, 0.5) is 15.3 Å². The summed E-state index contributed by atoms with van der Waals surface area (Å²) in [6.07, 6.45) is -0.690. The molecule has 8 heteroatoms. The summed E-state index contributed by atoms with van der Waals surface area (Å²) in [5, 5.41) is 10.0. The van der Waals surface area contributed by atoms with Crippen molar-refractivity contribution in [2.24, 2.45) is 0 Å². The largest absolute Gasteiger partial charge is 0.445 e. The number of carbonyl (C=O) groups excluding carboxylic acids is 2. The van der Waals surface area contributed by atoms with Crippen molar-refractivity contribution in [3.63, 3.8) is 0 Å². The predicted octanol–water partition coefficient (Wildman–Crippen LogP) is 3.76. The first kappa shape index (κ1) is 23.9. The summed E-state index contributed by atoms with van der Waals surface area (Å²) < 4.78 is 11.0. The molecular weight excluding hydrogens is 434 g/mol. The number of anilines is 1. The summed E-state index contributed by atoms with van der Waals surface area (Å²) in [4.78, 5) is 30.5. The van der Waals surface area contributed by atoms with Gasteiger partial charge in [0, 0.05) is 38.4 Å². The maximum Gasteiger partial charge on any atom is 0.410 e. The molecule has 2 aliphatic heterocycles. The molecule has 1 atom stereocenters. The number of hydrogen-bond acceptors (Lipinski definition) is 6. The molecule has 2 heterocycles. The van der Waals surface area contributed by atoms with Gasteiger partial charge in [0.15, 0.2) is 0 Å². The van der Waals surface area contributed by atoms with E-state index >= 15 is 0 Å². The van der Waals surface area contributed by atoms with E-state index in [0.29, 0.717) is 32.7 Å². The molecule has 4 rings (SSSR count). The number of hydrogen-bond donors (Lipinski definition) is 1. The monoisotopic (exact) mass is 467 g/mol. The first-order valence-corrected chi connectivity index (χ1v) is 11.7. The second-order valence-corrected chi connectivity index (χ2v) is 9.81. The van der Waals surface area contributed by atoms with Gasteiger partial charge in [-0.1, -0.05) is 36.4 Å². The molecular formula is C26H33N3O5. The Kier molecular flexibility index (Phi) is 6.97. The number of rotatable bonds is 4. The number of aliphatic hydroxyl groups excluding tert-OH is 1. The number of carbonyl (C=O) groups is 2. The molecule has 8 nitrogen and oxygen atoms in total. The molecule has 0 radical (unpaired) electrons. The van der Waals surface area contributed by atoms with Gasteiger partial charge < -0.3 is 24.4 Å². The lowest BCUT2D eigenvalue weighted by atomic mass is 10.1. The molecule has 1 saturated heterocycles. The van der Waals surface area contributed by atoms with Crippen LogP contribution < -0.4 is 4.90 Å². The lowest BCUT2D eigenvalue weighted by Gasteiger charge is -2.42. The number of piperazine rings is 1. The molecule has 2 amide bonds. The Morgan fingerprint density at radius 2 is 1.71 bits per heavy atom. The highest BCUT2D eigenvalue weighted by molar-refractivity contribution is 5.70. The molecule has 0 aromatic heterocycles. The third-order valence-corrected chi connectivity index (χ3v) is 6.05. The Labute approximate surface area is 200 Å². The highest BCUT2D eigenvalue weighted by Crippen LogP contribution is 2.30. The molecule has 182 valence electrons. The van der Waals surface area contributed by atoms with Crippen LogP contribution in [0.5, 0.6) is 0 Å². The van der Waals surface area contributed by atoms with Crippen molar-refractivity contribution in [1.82, 2.24) is 9.80 Å². The third-order valence-electron chi connectivity index (χ3n) is 6.05. The smallest absolute Gasteiger partial charge is 0.410 e. The zero-order valence-electron chi connectivity index (χ0n) is 20.1. The van der Waals surface area contributed by atoms with Gasteiger partial charge in [-0.15, -0.1) is 0 Å². The second kappa shape index (κ2) is 9.93. The Balaban J connectivity index is 1.37. The SMILES string of the molecule is CC(C)(C)OC(=O)N1CCN(c2ccc3c(c2)CN(C(=O)OCc2ccccc2)C3)[C@H](CO)C1. The fraction of sp³-hybridized carbons (Fsp3) is 0.462. The van der Waals surface area contributed by atoms with Gasteiger partial charge in [0.2, 0.25) is 0 Å². The summed E-state index contributed by atoms with van der Waals surface area (Å²) in [5.74, 6) is 0. The van der Waals surface area contributed by atoms with E-state index in [1.807, 2.05) is 63.2 Å². The maximum atomic E-state index is 12.6. The maximum absolute atomic E-state index is 12.6. The van der Waals surface area contributed by atoms with Crippen LogP contribution in [0.15, 0.2) is 48.5 Å². The summed E-state index contributed by atoms with van der Waals surface area (Å²) >= 11 is 0. The van der Waals surface area contributed by atoms with E-state index in [1.54, 1.807) is 9.80 Å². The zero-order chi connectivity index (χ0) is 24.3. The standard InChI is InChI=1S/C26H33N3O5/c1-26(2,3)34-25(32)27-11-12-29(23(16-27)17-30)22-10-9-20-14-28(15-21(20)13-22)24(31)33-18-19-7-5-4-6-8-19/h4-10,13,23,30H,11-12,14-18H2,1-3H3/t23-/m0/s1. The summed E-state index contributed by atoms with van der Waals surface area (Å²) in [5.41, 5.74) is 3.53. The minimum Gasteiger partial charge on any atom is -0.445 e. The van der Waals surface area contributed by atoms with Crippen LogP contribution in [0.3, 0.4) is 0 Å². The van der Waals surface area contributed by atoms with E-state index in [-0.39, 0.29) is 31.4 Å². The van der Waals surface area contributed by atoms with Crippen LogP contribution in [-0.2, 0) is 29.2 Å². The third kappa shape index (κ3) is 5.62. The molecule has 34 heavy (non-hydrogen) atoms. The van der Waals surface area contributed by atoms with Crippen molar-refractivity contribution in [2.45, 2.75) is 52.1 Å². The second-order valence-electron chi connectivity index (χ2n) is 9.81. The Bertz CT molecular complexity index is 1020. The molecule has 0 spiro atoms. The molecule has 1 fully saturated rings. The zero-order valence-corrected chi connectivity index (χ0v) is 20.1. The summed E-state index contributed by atoms with van der Waals surface area (Å²) in [7, 11) is 0. The Morgan fingerprint density at radius 3 is 2.41 bits per heavy atom. The van der Waals surface area contributed by atoms with Crippen LogP contribution in [-0.4, -0.2) is 65.0 Å². The average molecular weight is 468 g/mol. The van der Waals surface area contributed by atoms with Crippen molar-refractivity contribution >= 4 is 17.9 Å². The summed E-state index contributed by atoms with van der Waals surface area (Å²) in [6, 6.07) is 15.5. The Hall–Kier alpha value is -3.26. The first-order valence-electron chi connectivity index (χ1n) is 11.7. The molecule has 2 aromatic rings. The van der Waals surface area contributed by atoms with Crippen LogP contribution in [0.2, 0.25) is 0 Å². The molecule has 0 aliphatic carbocycles. The quantitative estimate of drug-likeness (QED) is 0.737. The normalized spacial score (nSPS) is 18.0. The van der Waals surface area contributed by atoms with Gasteiger partial charge >= 0.3 is 12.2 Å². The van der Waals surface area contributed by atoms with Crippen LogP contribution in [0.25, 0.3) is 0 Å². The van der Waals surface area contributed by atoms with E-state index < -0.39 is 5.60 Å². The van der Waals surface area contributed by atoms with E-state index in [9.17, 15) is 14.7 Å². The van der Waals surface area contributed by atoms with E-state index in [0.717, 1.165) is 22.4 Å².